The molecule has 2 aromatic rings. The van der Waals surface area contributed by atoms with E-state index in [1.807, 2.05) is 32.0 Å². The highest BCUT2D eigenvalue weighted by Crippen LogP contribution is 2.17. The first-order valence-electron chi connectivity index (χ1n) is 8.33. The van der Waals surface area contributed by atoms with Crippen LogP contribution in [0.5, 0.6) is 0 Å². The van der Waals surface area contributed by atoms with Crippen LogP contribution in [0.3, 0.4) is 0 Å². The summed E-state index contributed by atoms with van der Waals surface area (Å²) in [5.74, 6) is -0.181. The van der Waals surface area contributed by atoms with E-state index in [0.29, 0.717) is 16.6 Å². The number of rotatable bonds is 8. The molecule has 1 aromatic carbocycles. The van der Waals surface area contributed by atoms with Gasteiger partial charge in [0.25, 0.3) is 0 Å². The van der Waals surface area contributed by atoms with Crippen LogP contribution >= 0.6 is 11.3 Å². The molecular formula is C19H24N2O3S. The van der Waals surface area contributed by atoms with Crippen LogP contribution in [0.2, 0.25) is 0 Å². The molecule has 0 aliphatic heterocycles. The van der Waals surface area contributed by atoms with Crippen LogP contribution in [0.1, 0.15) is 52.2 Å². The van der Waals surface area contributed by atoms with Gasteiger partial charge in [0.15, 0.2) is 17.4 Å². The number of ketones is 1. The lowest BCUT2D eigenvalue weighted by atomic mass is 10.0. The number of carbonyl (C=O) groups excluding carboxylic acids is 2. The Bertz CT molecular complexity index is 753. The van der Waals surface area contributed by atoms with Gasteiger partial charge in [0, 0.05) is 17.5 Å². The van der Waals surface area contributed by atoms with Crippen LogP contribution in [0.15, 0.2) is 23.6 Å². The van der Waals surface area contributed by atoms with Gasteiger partial charge in [-0.3, -0.25) is 4.79 Å². The number of thiazole rings is 1. The summed E-state index contributed by atoms with van der Waals surface area (Å²) in [6.07, 6.45) is 1.03. The van der Waals surface area contributed by atoms with E-state index in [1.165, 1.54) is 11.3 Å². The maximum Gasteiger partial charge on any atom is 0.358 e. The van der Waals surface area contributed by atoms with Crippen LogP contribution in [-0.4, -0.2) is 29.9 Å². The zero-order valence-electron chi connectivity index (χ0n) is 15.1. The van der Waals surface area contributed by atoms with E-state index < -0.39 is 5.97 Å². The number of aryl methyl sites for hydroxylation is 2. The lowest BCUT2D eigenvalue weighted by Crippen LogP contribution is -2.15. The second kappa shape index (κ2) is 8.76. The van der Waals surface area contributed by atoms with E-state index >= 15 is 0 Å². The Kier molecular flexibility index (Phi) is 6.70. The van der Waals surface area contributed by atoms with Gasteiger partial charge in [-0.2, -0.15) is 0 Å². The van der Waals surface area contributed by atoms with Gasteiger partial charge in [-0.05, 0) is 37.8 Å². The molecule has 0 radical (unpaired) electrons. The number of carbonyl (C=O) groups is 2. The van der Waals surface area contributed by atoms with Gasteiger partial charge >= 0.3 is 5.97 Å². The first-order valence-corrected chi connectivity index (χ1v) is 9.21. The maximum absolute atomic E-state index is 12.3. The van der Waals surface area contributed by atoms with E-state index in [1.54, 1.807) is 5.38 Å². The molecule has 0 aliphatic rings. The number of Topliss-reactive ketones (excluding diaryl/α,β-unsaturated/α-hetero) is 1. The quantitative estimate of drug-likeness (QED) is 0.563. The van der Waals surface area contributed by atoms with Crippen molar-refractivity contribution in [3.8, 4) is 0 Å². The summed E-state index contributed by atoms with van der Waals surface area (Å²) in [6, 6.07) is 5.65. The number of hydrogen-bond acceptors (Lipinski definition) is 6. The molecule has 134 valence electrons. The summed E-state index contributed by atoms with van der Waals surface area (Å²) in [6.45, 7) is 8.62. The molecule has 2 rings (SSSR count). The average Bonchev–Trinajstić information content (AvgIpc) is 3.03. The second-order valence-electron chi connectivity index (χ2n) is 6.46. The molecule has 1 heterocycles. The van der Waals surface area contributed by atoms with Gasteiger partial charge < -0.3 is 10.1 Å². The van der Waals surface area contributed by atoms with Gasteiger partial charge in [0.2, 0.25) is 5.78 Å². The largest absolute Gasteiger partial charge is 0.453 e. The fourth-order valence-corrected chi connectivity index (χ4v) is 2.94. The third kappa shape index (κ3) is 5.67. The zero-order valence-corrected chi connectivity index (χ0v) is 15.9. The Morgan fingerprint density at radius 1 is 1.28 bits per heavy atom. The van der Waals surface area contributed by atoms with Crippen molar-refractivity contribution >= 4 is 28.2 Å². The number of nitrogens with zero attached hydrogens (tertiary/aromatic N) is 1. The molecule has 0 spiro atoms. The van der Waals surface area contributed by atoms with Crippen molar-refractivity contribution in [1.29, 1.82) is 0 Å². The molecule has 0 saturated carbocycles. The van der Waals surface area contributed by atoms with Crippen molar-refractivity contribution < 1.29 is 14.3 Å². The lowest BCUT2D eigenvalue weighted by molar-refractivity contribution is 0.0469. The summed E-state index contributed by atoms with van der Waals surface area (Å²) in [7, 11) is 0. The Labute approximate surface area is 152 Å². The Hall–Kier alpha value is -2.21. The first kappa shape index (κ1) is 19.1. The number of esters is 1. The Morgan fingerprint density at radius 2 is 2.04 bits per heavy atom. The minimum Gasteiger partial charge on any atom is -0.453 e. The number of aromatic nitrogens is 1. The topological polar surface area (TPSA) is 68.3 Å². The van der Waals surface area contributed by atoms with Gasteiger partial charge in [-0.1, -0.05) is 31.5 Å². The molecular weight excluding hydrogens is 336 g/mol. The van der Waals surface area contributed by atoms with Gasteiger partial charge in [-0.15, -0.1) is 11.3 Å². The summed E-state index contributed by atoms with van der Waals surface area (Å²) in [5, 5.41) is 5.52. The predicted octanol–water partition coefficient (Wildman–Crippen LogP) is 4.26. The van der Waals surface area contributed by atoms with Crippen molar-refractivity contribution in [1.82, 2.24) is 4.98 Å². The van der Waals surface area contributed by atoms with Crippen LogP contribution in [0.25, 0.3) is 0 Å². The smallest absolute Gasteiger partial charge is 0.358 e. The fourth-order valence-electron chi connectivity index (χ4n) is 2.24. The van der Waals surface area contributed by atoms with E-state index in [9.17, 15) is 9.59 Å². The summed E-state index contributed by atoms with van der Waals surface area (Å²) in [5.41, 5.74) is 2.68. The summed E-state index contributed by atoms with van der Waals surface area (Å²) in [4.78, 5) is 28.5. The number of ether oxygens (including phenoxy) is 1. The second-order valence-corrected chi connectivity index (χ2v) is 7.32. The number of anilines is 1. The molecule has 0 bridgehead atoms. The Balaban J connectivity index is 1.89. The van der Waals surface area contributed by atoms with Crippen LogP contribution in [-0.2, 0) is 4.74 Å². The molecule has 0 unspecified atom stereocenters. The van der Waals surface area contributed by atoms with Gasteiger partial charge in [0.05, 0.1) is 0 Å². The average molecular weight is 360 g/mol. The minimum absolute atomic E-state index is 0.208. The molecule has 0 atom stereocenters. The van der Waals surface area contributed by atoms with Crippen molar-refractivity contribution in [2.75, 3.05) is 18.5 Å². The van der Waals surface area contributed by atoms with Crippen molar-refractivity contribution in [3.05, 3.63) is 46.0 Å². The van der Waals surface area contributed by atoms with Crippen LogP contribution < -0.4 is 5.32 Å². The lowest BCUT2D eigenvalue weighted by Gasteiger charge is -2.07. The molecule has 25 heavy (non-hydrogen) atoms. The standard InChI is InChI=1S/C19H24N2O3S/c1-12(2)7-8-20-19-21-16(11-25-19)18(23)24-10-17(22)15-9-13(3)5-6-14(15)4/h5-6,9,11-12H,7-8,10H2,1-4H3,(H,20,21). The van der Waals surface area contributed by atoms with Gasteiger partial charge in [0.1, 0.15) is 0 Å². The number of benzene rings is 1. The predicted molar refractivity (Wildman–Crippen MR) is 101 cm³/mol. The molecule has 1 N–H and O–H groups in total. The zero-order chi connectivity index (χ0) is 18.4. The number of nitrogens with one attached hydrogen (secondary N) is 1. The summed E-state index contributed by atoms with van der Waals surface area (Å²) < 4.78 is 5.12. The highest BCUT2D eigenvalue weighted by Gasteiger charge is 2.16. The Morgan fingerprint density at radius 3 is 2.76 bits per heavy atom. The van der Waals surface area contributed by atoms with Crippen LogP contribution in [0, 0.1) is 19.8 Å². The molecule has 0 aliphatic carbocycles. The van der Waals surface area contributed by atoms with Crippen molar-refractivity contribution in [3.63, 3.8) is 0 Å². The fraction of sp³-hybridized carbons (Fsp3) is 0.421. The normalized spacial score (nSPS) is 10.8. The van der Waals surface area contributed by atoms with Crippen LogP contribution in [0.4, 0.5) is 5.13 Å². The summed E-state index contributed by atoms with van der Waals surface area (Å²) >= 11 is 1.36. The minimum atomic E-state index is -0.577. The highest BCUT2D eigenvalue weighted by atomic mass is 32.1. The highest BCUT2D eigenvalue weighted by molar-refractivity contribution is 7.13. The van der Waals surface area contributed by atoms with Crippen molar-refractivity contribution in [2.45, 2.75) is 34.1 Å². The molecule has 0 amide bonds. The van der Waals surface area contributed by atoms with Gasteiger partial charge in [-0.25, -0.2) is 9.78 Å². The third-order valence-electron chi connectivity index (χ3n) is 3.74. The first-order chi connectivity index (χ1) is 11.9. The molecule has 1 aromatic heterocycles. The number of hydrogen-bond donors (Lipinski definition) is 1. The maximum atomic E-state index is 12.3. The molecule has 5 nitrogen and oxygen atoms in total. The van der Waals surface area contributed by atoms with E-state index in [2.05, 4.69) is 24.1 Å². The van der Waals surface area contributed by atoms with E-state index in [4.69, 9.17) is 4.74 Å². The monoisotopic (exact) mass is 360 g/mol. The molecule has 6 heteroatoms. The van der Waals surface area contributed by atoms with Crippen molar-refractivity contribution in [2.24, 2.45) is 5.92 Å². The SMILES string of the molecule is Cc1ccc(C)c(C(=O)COC(=O)c2csc(NCCC(C)C)n2)c1. The molecule has 0 fully saturated rings. The van der Waals surface area contributed by atoms with E-state index in [0.717, 1.165) is 24.1 Å². The van der Waals surface area contributed by atoms with E-state index in [-0.39, 0.29) is 18.1 Å². The third-order valence-corrected chi connectivity index (χ3v) is 4.54. The molecule has 0 saturated heterocycles.